The number of carbonyl (C=O) groups is 2. The first-order chi connectivity index (χ1) is 12.0. The summed E-state index contributed by atoms with van der Waals surface area (Å²) in [5.41, 5.74) is 7.08. The molecule has 3 aromatic rings. The van der Waals surface area contributed by atoms with Gasteiger partial charge >= 0.3 is 0 Å². The molecule has 0 bridgehead atoms. The van der Waals surface area contributed by atoms with Crippen LogP contribution in [0, 0.1) is 13.8 Å². The van der Waals surface area contributed by atoms with Crippen LogP contribution in [0.3, 0.4) is 0 Å². The zero-order valence-corrected chi connectivity index (χ0v) is 14.4. The summed E-state index contributed by atoms with van der Waals surface area (Å²) in [4.78, 5) is 37.1. The third-order valence-corrected chi connectivity index (χ3v) is 4.53. The van der Waals surface area contributed by atoms with Gasteiger partial charge in [0.25, 0.3) is 11.8 Å². The van der Waals surface area contributed by atoms with E-state index in [1.54, 1.807) is 13.8 Å². The van der Waals surface area contributed by atoms with E-state index < -0.39 is 11.8 Å². The Balaban J connectivity index is 1.68. The molecule has 7 nitrogen and oxygen atoms in total. The lowest BCUT2D eigenvalue weighted by Gasteiger charge is -2.05. The van der Waals surface area contributed by atoms with E-state index in [9.17, 15) is 9.59 Å². The van der Waals surface area contributed by atoms with E-state index in [0.717, 1.165) is 10.6 Å². The second-order valence-electron chi connectivity index (χ2n) is 5.25. The topological polar surface area (TPSA) is 96.9 Å². The first-order valence-corrected chi connectivity index (χ1v) is 8.28. The number of carbonyl (C=O) groups excluding carboxylic acids is 2. The van der Waals surface area contributed by atoms with Crippen molar-refractivity contribution < 1.29 is 9.59 Å². The van der Waals surface area contributed by atoms with Crippen molar-refractivity contribution in [3.05, 3.63) is 64.7 Å². The number of aromatic nitrogens is 3. The van der Waals surface area contributed by atoms with Crippen LogP contribution in [0.2, 0.25) is 0 Å². The molecule has 2 heterocycles. The van der Waals surface area contributed by atoms with Crippen molar-refractivity contribution in [3.8, 4) is 10.6 Å². The number of hydrogen-bond acceptors (Lipinski definition) is 6. The number of benzene rings is 1. The van der Waals surface area contributed by atoms with Gasteiger partial charge in [-0.2, -0.15) is 0 Å². The van der Waals surface area contributed by atoms with E-state index in [4.69, 9.17) is 0 Å². The third kappa shape index (κ3) is 3.86. The molecule has 0 fully saturated rings. The smallest absolute Gasteiger partial charge is 0.266 e. The summed E-state index contributed by atoms with van der Waals surface area (Å²) in [5, 5.41) is 0.749. The molecule has 1 aromatic carbocycles. The molecule has 25 heavy (non-hydrogen) atoms. The van der Waals surface area contributed by atoms with Gasteiger partial charge in [-0.05, 0) is 13.8 Å². The molecule has 2 aromatic heterocycles. The second kappa shape index (κ2) is 7.18. The lowest BCUT2D eigenvalue weighted by atomic mass is 10.2. The molecule has 0 aliphatic heterocycles. The minimum Gasteiger partial charge on any atom is -0.266 e. The lowest BCUT2D eigenvalue weighted by Crippen LogP contribution is -2.41. The van der Waals surface area contributed by atoms with Gasteiger partial charge in [-0.1, -0.05) is 30.3 Å². The molecule has 3 rings (SSSR count). The first-order valence-electron chi connectivity index (χ1n) is 7.47. The van der Waals surface area contributed by atoms with Crippen molar-refractivity contribution in [3.63, 3.8) is 0 Å². The Morgan fingerprint density at radius 3 is 2.36 bits per heavy atom. The number of nitrogens with one attached hydrogen (secondary N) is 2. The maximum atomic E-state index is 12.3. The molecule has 0 aliphatic carbocycles. The quantitative estimate of drug-likeness (QED) is 0.704. The molecule has 126 valence electrons. The Kier molecular flexibility index (Phi) is 4.80. The number of hydrogen-bond donors (Lipinski definition) is 2. The summed E-state index contributed by atoms with van der Waals surface area (Å²) >= 11 is 1.27. The summed E-state index contributed by atoms with van der Waals surface area (Å²) < 4.78 is 0. The monoisotopic (exact) mass is 353 g/mol. The van der Waals surface area contributed by atoms with Crippen LogP contribution in [0.25, 0.3) is 10.6 Å². The number of thiazole rings is 1. The van der Waals surface area contributed by atoms with Gasteiger partial charge < -0.3 is 0 Å². The molecule has 8 heteroatoms. The molecule has 0 atom stereocenters. The van der Waals surface area contributed by atoms with Crippen LogP contribution in [0.5, 0.6) is 0 Å². The number of rotatable bonds is 3. The Morgan fingerprint density at radius 1 is 0.960 bits per heavy atom. The highest BCUT2D eigenvalue weighted by Crippen LogP contribution is 2.27. The minimum absolute atomic E-state index is 0.122. The van der Waals surface area contributed by atoms with Crippen LogP contribution in [-0.4, -0.2) is 26.8 Å². The van der Waals surface area contributed by atoms with Crippen molar-refractivity contribution in [1.82, 2.24) is 25.8 Å². The first kappa shape index (κ1) is 16.7. The van der Waals surface area contributed by atoms with Gasteiger partial charge in [-0.3, -0.25) is 25.4 Å². The van der Waals surface area contributed by atoms with Crippen molar-refractivity contribution in [2.75, 3.05) is 0 Å². The molecule has 0 saturated heterocycles. The Hall–Kier alpha value is -3.13. The highest BCUT2D eigenvalue weighted by Gasteiger charge is 2.17. The molecule has 0 spiro atoms. The maximum Gasteiger partial charge on any atom is 0.289 e. The van der Waals surface area contributed by atoms with Crippen molar-refractivity contribution in [2.45, 2.75) is 13.8 Å². The molecule has 0 saturated carbocycles. The number of amides is 2. The van der Waals surface area contributed by atoms with E-state index >= 15 is 0 Å². The van der Waals surface area contributed by atoms with Crippen LogP contribution >= 0.6 is 11.3 Å². The van der Waals surface area contributed by atoms with E-state index in [2.05, 4.69) is 25.8 Å². The van der Waals surface area contributed by atoms with Gasteiger partial charge in [-0.15, -0.1) is 11.3 Å². The number of hydrazine groups is 1. The second-order valence-corrected chi connectivity index (χ2v) is 6.25. The Labute approximate surface area is 148 Å². The van der Waals surface area contributed by atoms with E-state index in [1.165, 1.54) is 23.7 Å². The molecule has 0 radical (unpaired) electrons. The molecule has 0 unspecified atom stereocenters. The van der Waals surface area contributed by atoms with Gasteiger partial charge in [0.15, 0.2) is 0 Å². The fourth-order valence-corrected chi connectivity index (χ4v) is 3.02. The predicted molar refractivity (Wildman–Crippen MR) is 94.0 cm³/mol. The van der Waals surface area contributed by atoms with Crippen LogP contribution in [0.1, 0.15) is 31.5 Å². The average molecular weight is 353 g/mol. The van der Waals surface area contributed by atoms with Crippen LogP contribution in [0.4, 0.5) is 0 Å². The normalized spacial score (nSPS) is 10.3. The highest BCUT2D eigenvalue weighted by atomic mass is 32.1. The zero-order valence-electron chi connectivity index (χ0n) is 13.6. The van der Waals surface area contributed by atoms with Crippen molar-refractivity contribution in [2.24, 2.45) is 0 Å². The number of nitrogens with zero attached hydrogens (tertiary/aromatic N) is 3. The highest BCUT2D eigenvalue weighted by molar-refractivity contribution is 7.17. The van der Waals surface area contributed by atoms with E-state index in [-0.39, 0.29) is 5.69 Å². The van der Waals surface area contributed by atoms with Gasteiger partial charge in [0.05, 0.1) is 17.6 Å². The Morgan fingerprint density at radius 2 is 1.68 bits per heavy atom. The molecular weight excluding hydrogens is 338 g/mol. The number of aryl methyl sites for hydroxylation is 2. The van der Waals surface area contributed by atoms with Crippen LogP contribution in [0.15, 0.2) is 42.7 Å². The van der Waals surface area contributed by atoms with Crippen LogP contribution < -0.4 is 10.9 Å². The lowest BCUT2D eigenvalue weighted by molar-refractivity contribution is 0.0845. The Bertz CT molecular complexity index is 907. The largest absolute Gasteiger partial charge is 0.289 e. The molecule has 2 amide bonds. The fourth-order valence-electron chi connectivity index (χ4n) is 2.06. The van der Waals surface area contributed by atoms with Gasteiger partial charge in [0, 0.05) is 11.8 Å². The summed E-state index contributed by atoms with van der Waals surface area (Å²) in [5.74, 6) is -0.961. The SMILES string of the molecule is Cc1cnc(C(=O)NNC(=O)c2sc(-c3ccccc3)nc2C)cn1. The molecule has 2 N–H and O–H groups in total. The minimum atomic E-state index is -0.536. The third-order valence-electron chi connectivity index (χ3n) is 3.33. The standard InChI is InChI=1S/C17H15N5O2S/c1-10-8-19-13(9-18-10)15(23)21-22-16(24)14-11(2)20-17(25-14)12-6-4-3-5-7-12/h3-9H,1-2H3,(H,21,23)(H,22,24). The van der Waals surface area contributed by atoms with E-state index in [1.807, 2.05) is 30.3 Å². The summed E-state index contributed by atoms with van der Waals surface area (Å²) in [6, 6.07) is 9.60. The molecule has 0 aliphatic rings. The van der Waals surface area contributed by atoms with Crippen LogP contribution in [-0.2, 0) is 0 Å². The van der Waals surface area contributed by atoms with E-state index in [0.29, 0.717) is 16.3 Å². The van der Waals surface area contributed by atoms with Crippen molar-refractivity contribution in [1.29, 1.82) is 0 Å². The van der Waals surface area contributed by atoms with Gasteiger partial charge in [0.2, 0.25) is 0 Å². The predicted octanol–water partition coefficient (Wildman–Crippen LogP) is 2.29. The zero-order chi connectivity index (χ0) is 17.8. The summed E-state index contributed by atoms with van der Waals surface area (Å²) in [6.45, 7) is 3.53. The van der Waals surface area contributed by atoms with Crippen molar-refractivity contribution >= 4 is 23.2 Å². The fraction of sp³-hybridized carbons (Fsp3) is 0.118. The van der Waals surface area contributed by atoms with Gasteiger partial charge in [0.1, 0.15) is 15.6 Å². The molecular formula is C17H15N5O2S. The maximum absolute atomic E-state index is 12.3. The summed E-state index contributed by atoms with van der Waals surface area (Å²) in [7, 11) is 0. The average Bonchev–Trinajstić information content (AvgIpc) is 3.02. The summed E-state index contributed by atoms with van der Waals surface area (Å²) in [6.07, 6.45) is 2.83. The van der Waals surface area contributed by atoms with Gasteiger partial charge in [-0.25, -0.2) is 9.97 Å².